The Labute approximate surface area is 171 Å². The molecule has 29 heavy (non-hydrogen) atoms. The van der Waals surface area contributed by atoms with Crippen LogP contribution < -0.4 is 9.46 Å². The SMILES string of the molecule is O=S(=O)(Nc1ccc(Oc2ccc(-n3ccnc3)nn2)cc1)c1ccccc1Cl. The molecule has 2 aromatic heterocycles. The van der Waals surface area contributed by atoms with Gasteiger partial charge in [-0.3, -0.25) is 9.29 Å². The molecule has 2 heterocycles. The second-order valence-electron chi connectivity index (χ2n) is 5.86. The highest BCUT2D eigenvalue weighted by Crippen LogP contribution is 2.25. The van der Waals surface area contributed by atoms with Gasteiger partial charge in [0, 0.05) is 24.1 Å². The van der Waals surface area contributed by atoms with Crippen molar-refractivity contribution < 1.29 is 13.2 Å². The second-order valence-corrected chi connectivity index (χ2v) is 7.92. The molecule has 8 nitrogen and oxygen atoms in total. The van der Waals surface area contributed by atoms with Gasteiger partial charge in [0.15, 0.2) is 5.82 Å². The second kappa shape index (κ2) is 7.90. The number of imidazole rings is 1. The molecule has 0 aliphatic heterocycles. The third-order valence-electron chi connectivity index (χ3n) is 3.85. The van der Waals surface area contributed by atoms with E-state index in [1.807, 2.05) is 0 Å². The minimum Gasteiger partial charge on any atom is -0.438 e. The van der Waals surface area contributed by atoms with E-state index in [4.69, 9.17) is 16.3 Å². The van der Waals surface area contributed by atoms with Crippen LogP contribution in [-0.2, 0) is 10.0 Å². The molecule has 4 rings (SSSR count). The Morgan fingerprint density at radius 2 is 1.76 bits per heavy atom. The highest BCUT2D eigenvalue weighted by Gasteiger charge is 2.17. The lowest BCUT2D eigenvalue weighted by atomic mass is 10.3. The summed E-state index contributed by atoms with van der Waals surface area (Å²) in [6, 6.07) is 16.1. The summed E-state index contributed by atoms with van der Waals surface area (Å²) in [5, 5.41) is 8.23. The third-order valence-corrected chi connectivity index (χ3v) is 5.73. The normalized spacial score (nSPS) is 11.2. The average Bonchev–Trinajstić information content (AvgIpc) is 3.25. The molecule has 0 saturated carbocycles. The zero-order valence-electron chi connectivity index (χ0n) is 14.8. The number of nitrogens with zero attached hydrogens (tertiary/aromatic N) is 4. The van der Waals surface area contributed by atoms with Crippen LogP contribution in [0, 0.1) is 0 Å². The number of anilines is 1. The van der Waals surface area contributed by atoms with Gasteiger partial charge in [-0.2, -0.15) is 0 Å². The maximum absolute atomic E-state index is 12.5. The Kier molecular flexibility index (Phi) is 5.15. The summed E-state index contributed by atoms with van der Waals surface area (Å²) in [6.45, 7) is 0. The number of aromatic nitrogens is 4. The molecule has 10 heteroatoms. The fourth-order valence-corrected chi connectivity index (χ4v) is 4.06. The summed E-state index contributed by atoms with van der Waals surface area (Å²) in [7, 11) is -3.79. The van der Waals surface area contributed by atoms with E-state index in [1.54, 1.807) is 71.8 Å². The average molecular weight is 428 g/mol. The van der Waals surface area contributed by atoms with Gasteiger partial charge in [-0.1, -0.05) is 23.7 Å². The molecule has 0 saturated heterocycles. The number of halogens is 1. The van der Waals surface area contributed by atoms with Crippen molar-refractivity contribution in [2.75, 3.05) is 4.72 Å². The van der Waals surface area contributed by atoms with Gasteiger partial charge in [0.2, 0.25) is 5.88 Å². The maximum Gasteiger partial charge on any atom is 0.263 e. The summed E-state index contributed by atoms with van der Waals surface area (Å²) in [5.74, 6) is 1.40. The van der Waals surface area contributed by atoms with E-state index in [2.05, 4.69) is 19.9 Å². The van der Waals surface area contributed by atoms with Crippen LogP contribution in [0.5, 0.6) is 11.6 Å². The van der Waals surface area contributed by atoms with Crippen molar-refractivity contribution in [3.63, 3.8) is 0 Å². The molecule has 0 unspecified atom stereocenters. The van der Waals surface area contributed by atoms with Gasteiger partial charge >= 0.3 is 0 Å². The summed E-state index contributed by atoms with van der Waals surface area (Å²) in [6.07, 6.45) is 5.02. The minimum atomic E-state index is -3.79. The Morgan fingerprint density at radius 3 is 2.41 bits per heavy atom. The Morgan fingerprint density at radius 1 is 0.966 bits per heavy atom. The fourth-order valence-electron chi connectivity index (χ4n) is 2.48. The van der Waals surface area contributed by atoms with Gasteiger partial charge in [0.25, 0.3) is 10.0 Å². The van der Waals surface area contributed by atoms with Crippen LogP contribution in [0.3, 0.4) is 0 Å². The first-order valence-corrected chi connectivity index (χ1v) is 10.2. The van der Waals surface area contributed by atoms with E-state index < -0.39 is 10.0 Å². The van der Waals surface area contributed by atoms with E-state index in [9.17, 15) is 8.42 Å². The largest absolute Gasteiger partial charge is 0.438 e. The maximum atomic E-state index is 12.5. The number of sulfonamides is 1. The van der Waals surface area contributed by atoms with E-state index >= 15 is 0 Å². The van der Waals surface area contributed by atoms with E-state index in [-0.39, 0.29) is 9.92 Å². The van der Waals surface area contributed by atoms with E-state index in [0.717, 1.165) is 0 Å². The fraction of sp³-hybridized carbons (Fsp3) is 0. The molecular formula is C19H14ClN5O3S. The zero-order chi connectivity index (χ0) is 20.3. The first-order valence-electron chi connectivity index (χ1n) is 8.39. The molecule has 1 N–H and O–H groups in total. The van der Waals surface area contributed by atoms with Crippen molar-refractivity contribution in [1.82, 2.24) is 19.7 Å². The molecule has 0 amide bonds. The lowest BCUT2D eigenvalue weighted by molar-refractivity contribution is 0.454. The van der Waals surface area contributed by atoms with Crippen LogP contribution in [-0.4, -0.2) is 28.2 Å². The molecule has 146 valence electrons. The highest BCUT2D eigenvalue weighted by molar-refractivity contribution is 7.92. The van der Waals surface area contributed by atoms with Crippen molar-refractivity contribution in [2.45, 2.75) is 4.90 Å². The molecule has 0 atom stereocenters. The third kappa shape index (κ3) is 4.36. The van der Waals surface area contributed by atoms with Crippen LogP contribution in [0.1, 0.15) is 0 Å². The van der Waals surface area contributed by atoms with E-state index in [1.165, 1.54) is 12.1 Å². The molecule has 0 fully saturated rings. The molecule has 0 bridgehead atoms. The molecule has 0 spiro atoms. The molecule has 0 radical (unpaired) electrons. The molecule has 0 aliphatic rings. The number of hydrogen-bond acceptors (Lipinski definition) is 6. The number of rotatable bonds is 6. The van der Waals surface area contributed by atoms with Gasteiger partial charge in [-0.15, -0.1) is 10.2 Å². The van der Waals surface area contributed by atoms with Gasteiger partial charge in [-0.05, 0) is 42.5 Å². The minimum absolute atomic E-state index is 0.00949. The van der Waals surface area contributed by atoms with Gasteiger partial charge < -0.3 is 4.74 Å². The first-order chi connectivity index (χ1) is 14.0. The quantitative estimate of drug-likeness (QED) is 0.501. The smallest absolute Gasteiger partial charge is 0.263 e. The van der Waals surface area contributed by atoms with Crippen LogP contribution in [0.25, 0.3) is 5.82 Å². The van der Waals surface area contributed by atoms with Crippen molar-refractivity contribution in [3.8, 4) is 17.4 Å². The topological polar surface area (TPSA) is 99.0 Å². The van der Waals surface area contributed by atoms with Crippen molar-refractivity contribution >= 4 is 27.3 Å². The monoisotopic (exact) mass is 427 g/mol. The van der Waals surface area contributed by atoms with Crippen LogP contribution in [0.2, 0.25) is 5.02 Å². The van der Waals surface area contributed by atoms with Crippen LogP contribution in [0.4, 0.5) is 5.69 Å². The van der Waals surface area contributed by atoms with Crippen molar-refractivity contribution in [1.29, 1.82) is 0 Å². The first kappa shape index (κ1) is 18.9. The van der Waals surface area contributed by atoms with Crippen molar-refractivity contribution in [3.05, 3.63) is 84.4 Å². The number of benzene rings is 2. The predicted octanol–water partition coefficient (Wildman–Crippen LogP) is 3.91. The zero-order valence-corrected chi connectivity index (χ0v) is 16.4. The van der Waals surface area contributed by atoms with Crippen LogP contribution in [0.15, 0.2) is 84.3 Å². The lowest BCUT2D eigenvalue weighted by Gasteiger charge is -2.10. The Bertz CT molecular complexity index is 1210. The van der Waals surface area contributed by atoms with Crippen LogP contribution >= 0.6 is 11.6 Å². The molecule has 0 aliphatic carbocycles. The molecule has 4 aromatic rings. The Hall–Kier alpha value is -3.43. The van der Waals surface area contributed by atoms with Gasteiger partial charge in [0.05, 0.1) is 5.02 Å². The van der Waals surface area contributed by atoms with Crippen molar-refractivity contribution in [2.24, 2.45) is 0 Å². The lowest BCUT2D eigenvalue weighted by Crippen LogP contribution is -2.13. The number of ether oxygens (including phenoxy) is 1. The summed E-state index contributed by atoms with van der Waals surface area (Å²) < 4.78 is 34.8. The Balaban J connectivity index is 1.45. The van der Waals surface area contributed by atoms with E-state index in [0.29, 0.717) is 23.1 Å². The summed E-state index contributed by atoms with van der Waals surface area (Å²) in [5.41, 5.74) is 0.374. The highest BCUT2D eigenvalue weighted by atomic mass is 35.5. The summed E-state index contributed by atoms with van der Waals surface area (Å²) >= 11 is 5.98. The molecule has 2 aromatic carbocycles. The van der Waals surface area contributed by atoms with Gasteiger partial charge in [0.1, 0.15) is 17.0 Å². The predicted molar refractivity (Wildman–Crippen MR) is 108 cm³/mol. The molecular weight excluding hydrogens is 414 g/mol. The number of nitrogens with one attached hydrogen (secondary N) is 1. The number of hydrogen-bond donors (Lipinski definition) is 1. The van der Waals surface area contributed by atoms with Gasteiger partial charge in [-0.25, -0.2) is 13.4 Å². The standard InChI is InChI=1S/C19H14ClN5O3S/c20-16-3-1-2-4-17(16)29(26,27)24-14-5-7-15(8-6-14)28-19-10-9-18(22-23-19)25-12-11-21-13-25/h1-13,24H. The summed E-state index contributed by atoms with van der Waals surface area (Å²) in [4.78, 5) is 3.96.